The predicted octanol–water partition coefficient (Wildman–Crippen LogP) is 0.612. The first kappa shape index (κ1) is 14.9. The smallest absolute Gasteiger partial charge is 0.269 e. The maximum absolute atomic E-state index is 11.6. The highest BCUT2D eigenvalue weighted by Crippen LogP contribution is 2.24. The lowest BCUT2D eigenvalue weighted by molar-refractivity contribution is -0.384. The van der Waals surface area contributed by atoms with Gasteiger partial charge in [-0.15, -0.1) is 0 Å². The van der Waals surface area contributed by atoms with Crippen LogP contribution in [-0.4, -0.2) is 48.5 Å². The van der Waals surface area contributed by atoms with E-state index in [1.165, 1.54) is 23.1 Å². The summed E-state index contributed by atoms with van der Waals surface area (Å²) in [6.07, 6.45) is 0. The molecule has 0 aliphatic rings. The highest BCUT2D eigenvalue weighted by molar-refractivity contribution is 5.81. The lowest BCUT2D eigenvalue weighted by Gasteiger charge is -2.23. The molecule has 7 nitrogen and oxygen atoms in total. The summed E-state index contributed by atoms with van der Waals surface area (Å²) in [6, 6.07) is 4.20. The summed E-state index contributed by atoms with van der Waals surface area (Å²) >= 11 is 0. The highest BCUT2D eigenvalue weighted by Gasteiger charge is 2.15. The largest absolute Gasteiger partial charge is 0.392 e. The Bertz CT molecular complexity index is 488. The second kappa shape index (κ2) is 6.14. The lowest BCUT2D eigenvalue weighted by Crippen LogP contribution is -2.34. The molecule has 0 bridgehead atoms. The van der Waals surface area contributed by atoms with Crippen LogP contribution in [0.1, 0.15) is 5.56 Å². The molecule has 104 valence electrons. The number of aliphatic hydroxyl groups excluding tert-OH is 1. The number of hydrogen-bond donors (Lipinski definition) is 1. The summed E-state index contributed by atoms with van der Waals surface area (Å²) < 4.78 is 0. The van der Waals surface area contributed by atoms with Gasteiger partial charge in [-0.2, -0.15) is 0 Å². The van der Waals surface area contributed by atoms with Gasteiger partial charge >= 0.3 is 0 Å². The Morgan fingerprint density at radius 3 is 2.47 bits per heavy atom. The van der Waals surface area contributed by atoms with Crippen molar-refractivity contribution in [3.8, 4) is 0 Å². The molecule has 1 N–H and O–H groups in total. The molecule has 7 heteroatoms. The summed E-state index contributed by atoms with van der Waals surface area (Å²) in [6.45, 7) is -0.185. The summed E-state index contributed by atoms with van der Waals surface area (Å²) in [7, 11) is 5.00. The number of amides is 1. The third-order valence-electron chi connectivity index (χ3n) is 2.73. The maximum atomic E-state index is 11.6. The van der Waals surface area contributed by atoms with Crippen molar-refractivity contribution in [2.45, 2.75) is 6.61 Å². The first-order valence-corrected chi connectivity index (χ1v) is 5.66. The van der Waals surface area contributed by atoms with Gasteiger partial charge in [0.25, 0.3) is 5.69 Å². The molecule has 0 aliphatic heterocycles. The highest BCUT2D eigenvalue weighted by atomic mass is 16.6. The molecule has 1 rings (SSSR count). The minimum Gasteiger partial charge on any atom is -0.392 e. The van der Waals surface area contributed by atoms with Crippen LogP contribution in [0.3, 0.4) is 0 Å². The van der Waals surface area contributed by atoms with E-state index in [1.807, 2.05) is 0 Å². The lowest BCUT2D eigenvalue weighted by atomic mass is 10.1. The van der Waals surface area contributed by atoms with Gasteiger partial charge in [0.15, 0.2) is 0 Å². The average Bonchev–Trinajstić information content (AvgIpc) is 2.37. The molecule has 0 heterocycles. The number of carbonyl (C=O) groups excluding carboxylic acids is 1. The van der Waals surface area contributed by atoms with E-state index in [9.17, 15) is 20.0 Å². The Morgan fingerprint density at radius 1 is 1.37 bits per heavy atom. The molecule has 1 amide bonds. The van der Waals surface area contributed by atoms with Crippen LogP contribution in [0.25, 0.3) is 0 Å². The van der Waals surface area contributed by atoms with Gasteiger partial charge in [-0.25, -0.2) is 0 Å². The van der Waals surface area contributed by atoms with Gasteiger partial charge < -0.3 is 14.9 Å². The van der Waals surface area contributed by atoms with Crippen LogP contribution in [-0.2, 0) is 11.4 Å². The summed E-state index contributed by atoms with van der Waals surface area (Å²) in [5, 5.41) is 19.9. The van der Waals surface area contributed by atoms with E-state index in [2.05, 4.69) is 0 Å². The van der Waals surface area contributed by atoms with E-state index in [4.69, 9.17) is 0 Å². The Labute approximate surface area is 111 Å². The summed E-state index contributed by atoms with van der Waals surface area (Å²) in [5.74, 6) is -0.0928. The molecule has 0 aliphatic carbocycles. The van der Waals surface area contributed by atoms with Gasteiger partial charge in [0, 0.05) is 44.5 Å². The monoisotopic (exact) mass is 267 g/mol. The van der Waals surface area contributed by atoms with Crippen molar-refractivity contribution < 1.29 is 14.8 Å². The number of non-ortho nitro benzene ring substituents is 1. The van der Waals surface area contributed by atoms with Crippen molar-refractivity contribution in [1.82, 2.24) is 4.90 Å². The molecule has 0 saturated carbocycles. The van der Waals surface area contributed by atoms with Crippen LogP contribution < -0.4 is 4.90 Å². The molecular weight excluding hydrogens is 250 g/mol. The van der Waals surface area contributed by atoms with E-state index in [-0.39, 0.29) is 24.7 Å². The molecule has 0 saturated heterocycles. The second-order valence-corrected chi connectivity index (χ2v) is 4.37. The van der Waals surface area contributed by atoms with Crippen molar-refractivity contribution in [3.05, 3.63) is 33.9 Å². The third-order valence-corrected chi connectivity index (χ3v) is 2.73. The van der Waals surface area contributed by atoms with Gasteiger partial charge in [-0.3, -0.25) is 14.9 Å². The molecule has 0 unspecified atom stereocenters. The fourth-order valence-corrected chi connectivity index (χ4v) is 1.61. The summed E-state index contributed by atoms with van der Waals surface area (Å²) in [5.41, 5.74) is 0.937. The van der Waals surface area contributed by atoms with Crippen LogP contribution in [0, 0.1) is 10.1 Å². The van der Waals surface area contributed by atoms with Crippen molar-refractivity contribution >= 4 is 17.3 Å². The van der Waals surface area contributed by atoms with E-state index in [0.717, 1.165) is 0 Å². The molecule has 0 spiro atoms. The van der Waals surface area contributed by atoms with Crippen molar-refractivity contribution in [2.75, 3.05) is 32.6 Å². The van der Waals surface area contributed by atoms with Crippen LogP contribution in [0.15, 0.2) is 18.2 Å². The Morgan fingerprint density at radius 2 is 2.00 bits per heavy atom. The quantitative estimate of drug-likeness (QED) is 0.624. The zero-order valence-corrected chi connectivity index (χ0v) is 11.2. The van der Waals surface area contributed by atoms with Crippen LogP contribution >= 0.6 is 0 Å². The van der Waals surface area contributed by atoms with Crippen molar-refractivity contribution in [2.24, 2.45) is 0 Å². The number of nitrogens with zero attached hydrogens (tertiary/aromatic N) is 3. The Hall–Kier alpha value is -2.15. The van der Waals surface area contributed by atoms with Gasteiger partial charge in [0.1, 0.15) is 0 Å². The molecule has 0 fully saturated rings. The molecule has 0 atom stereocenters. The number of benzene rings is 1. The second-order valence-electron chi connectivity index (χ2n) is 4.37. The number of nitro groups is 1. The minimum absolute atomic E-state index is 0.0832. The van der Waals surface area contributed by atoms with E-state index in [1.54, 1.807) is 26.0 Å². The summed E-state index contributed by atoms with van der Waals surface area (Å²) in [4.78, 5) is 24.9. The first-order chi connectivity index (χ1) is 8.86. The fraction of sp³-hybridized carbons (Fsp3) is 0.417. The van der Waals surface area contributed by atoms with E-state index < -0.39 is 4.92 Å². The van der Waals surface area contributed by atoms with Crippen molar-refractivity contribution in [1.29, 1.82) is 0 Å². The normalized spacial score (nSPS) is 10.1. The first-order valence-electron chi connectivity index (χ1n) is 5.66. The molecule has 0 aromatic heterocycles. The number of hydrogen-bond acceptors (Lipinski definition) is 5. The van der Waals surface area contributed by atoms with Gasteiger partial charge in [0.05, 0.1) is 18.1 Å². The Balaban J connectivity index is 2.99. The molecular formula is C12H17N3O4. The number of carbonyl (C=O) groups is 1. The topological polar surface area (TPSA) is 86.9 Å². The standard InChI is InChI=1S/C12H17N3O4/c1-13(2)12(17)7-14(3)11-5-4-10(15(18)19)6-9(11)8-16/h4-6,16H,7-8H2,1-3H3. The molecule has 0 radical (unpaired) electrons. The number of anilines is 1. The van der Waals surface area contributed by atoms with Crippen LogP contribution in [0.2, 0.25) is 0 Å². The fourth-order valence-electron chi connectivity index (χ4n) is 1.61. The zero-order valence-electron chi connectivity index (χ0n) is 11.2. The van der Waals surface area contributed by atoms with Crippen LogP contribution in [0.5, 0.6) is 0 Å². The molecule has 1 aromatic rings. The number of aliphatic hydroxyl groups is 1. The number of likely N-dealkylation sites (N-methyl/N-ethyl adjacent to an activating group) is 2. The SMILES string of the molecule is CN(C)C(=O)CN(C)c1ccc([N+](=O)[O-])cc1CO. The average molecular weight is 267 g/mol. The zero-order chi connectivity index (χ0) is 14.6. The van der Waals surface area contributed by atoms with E-state index >= 15 is 0 Å². The molecule has 19 heavy (non-hydrogen) atoms. The number of rotatable bonds is 5. The van der Waals surface area contributed by atoms with E-state index in [0.29, 0.717) is 11.3 Å². The minimum atomic E-state index is -0.520. The van der Waals surface area contributed by atoms with Gasteiger partial charge in [-0.05, 0) is 6.07 Å². The number of nitro benzene ring substituents is 1. The maximum Gasteiger partial charge on any atom is 0.269 e. The Kier molecular flexibility index (Phi) is 4.82. The third kappa shape index (κ3) is 3.65. The predicted molar refractivity (Wildman–Crippen MR) is 71.0 cm³/mol. The van der Waals surface area contributed by atoms with Crippen LogP contribution in [0.4, 0.5) is 11.4 Å². The van der Waals surface area contributed by atoms with Gasteiger partial charge in [-0.1, -0.05) is 0 Å². The molecule has 1 aromatic carbocycles. The van der Waals surface area contributed by atoms with Gasteiger partial charge in [0.2, 0.25) is 5.91 Å². The van der Waals surface area contributed by atoms with Crippen molar-refractivity contribution in [3.63, 3.8) is 0 Å².